The molecule has 0 saturated heterocycles. The molecule has 1 amide bonds. The zero-order valence-electron chi connectivity index (χ0n) is 9.93. The molecule has 1 aromatic heterocycles. The number of para-hydroxylation sites is 1. The van der Waals surface area contributed by atoms with Gasteiger partial charge in [-0.2, -0.15) is 0 Å². The van der Waals surface area contributed by atoms with Crippen LogP contribution < -0.4 is 5.32 Å². The van der Waals surface area contributed by atoms with Gasteiger partial charge in [0.15, 0.2) is 0 Å². The summed E-state index contributed by atoms with van der Waals surface area (Å²) in [5.74, 6) is -1.61. The van der Waals surface area contributed by atoms with Gasteiger partial charge in [-0.3, -0.25) is 4.79 Å². The first-order valence-corrected chi connectivity index (χ1v) is 5.53. The number of carbonyl (C=O) groups is 2. The Labute approximate surface area is 104 Å². The van der Waals surface area contributed by atoms with Crippen LogP contribution in [0.2, 0.25) is 0 Å². The number of furan rings is 1. The molecule has 1 heterocycles. The molecule has 94 valence electrons. The van der Waals surface area contributed by atoms with E-state index in [4.69, 9.17) is 4.42 Å². The van der Waals surface area contributed by atoms with Crippen LogP contribution in [0.3, 0.4) is 0 Å². The quantitative estimate of drug-likeness (QED) is 0.655. The number of hydrogen-bond acceptors (Lipinski definition) is 4. The maximum absolute atomic E-state index is 11.2. The monoisotopic (exact) mass is 247 g/mol. The molecule has 2 rings (SSSR count). The molecule has 5 nitrogen and oxygen atoms in total. The third-order valence-electron chi connectivity index (χ3n) is 2.61. The maximum atomic E-state index is 11.2. The highest BCUT2D eigenvalue weighted by atomic mass is 16.5. The average Bonchev–Trinajstić information content (AvgIpc) is 2.81. The predicted molar refractivity (Wildman–Crippen MR) is 64.9 cm³/mol. The minimum absolute atomic E-state index is 0.359. The lowest BCUT2D eigenvalue weighted by Crippen LogP contribution is -2.33. The number of ether oxygens (including phenoxy) is 1. The molecule has 0 aliphatic rings. The van der Waals surface area contributed by atoms with E-state index in [1.807, 2.05) is 24.3 Å². The van der Waals surface area contributed by atoms with Crippen molar-refractivity contribution in [2.24, 2.45) is 0 Å². The van der Waals surface area contributed by atoms with Crippen LogP contribution in [0.1, 0.15) is 5.56 Å². The second-order valence-electron chi connectivity index (χ2n) is 3.75. The zero-order valence-corrected chi connectivity index (χ0v) is 9.93. The van der Waals surface area contributed by atoms with Crippen molar-refractivity contribution in [3.8, 4) is 0 Å². The summed E-state index contributed by atoms with van der Waals surface area (Å²) < 4.78 is 9.67. The van der Waals surface area contributed by atoms with E-state index in [0.29, 0.717) is 13.0 Å². The molecular weight excluding hydrogens is 234 g/mol. The molecule has 18 heavy (non-hydrogen) atoms. The van der Waals surface area contributed by atoms with Gasteiger partial charge < -0.3 is 14.5 Å². The minimum atomic E-state index is -0.882. The highest BCUT2D eigenvalue weighted by Gasteiger charge is 2.12. The van der Waals surface area contributed by atoms with Crippen molar-refractivity contribution in [1.82, 2.24) is 5.32 Å². The van der Waals surface area contributed by atoms with E-state index in [0.717, 1.165) is 16.5 Å². The van der Waals surface area contributed by atoms with E-state index in [9.17, 15) is 9.59 Å². The van der Waals surface area contributed by atoms with Crippen molar-refractivity contribution in [2.75, 3.05) is 13.7 Å². The largest absolute Gasteiger partial charge is 0.464 e. The summed E-state index contributed by atoms with van der Waals surface area (Å²) in [6.07, 6.45) is 2.26. The molecule has 0 aliphatic heterocycles. The molecule has 0 spiro atoms. The first-order chi connectivity index (χ1) is 8.72. The number of fused-ring (bicyclic) bond motifs is 1. The number of hydrogen-bond donors (Lipinski definition) is 1. The van der Waals surface area contributed by atoms with Crippen molar-refractivity contribution in [3.63, 3.8) is 0 Å². The molecule has 5 heteroatoms. The molecule has 0 saturated carbocycles. The second kappa shape index (κ2) is 5.35. The molecule has 1 N–H and O–H groups in total. The van der Waals surface area contributed by atoms with Crippen molar-refractivity contribution < 1.29 is 18.7 Å². The Morgan fingerprint density at radius 3 is 2.89 bits per heavy atom. The summed E-state index contributed by atoms with van der Waals surface area (Å²) in [6.45, 7) is 0.359. The van der Waals surface area contributed by atoms with Crippen LogP contribution >= 0.6 is 0 Å². The third kappa shape index (κ3) is 2.51. The fourth-order valence-electron chi connectivity index (χ4n) is 1.70. The summed E-state index contributed by atoms with van der Waals surface area (Å²) in [7, 11) is 1.17. The molecule has 0 atom stereocenters. The topological polar surface area (TPSA) is 68.5 Å². The van der Waals surface area contributed by atoms with Gasteiger partial charge in [0.25, 0.3) is 0 Å². The number of rotatable bonds is 3. The lowest BCUT2D eigenvalue weighted by Gasteiger charge is -2.02. The first-order valence-electron chi connectivity index (χ1n) is 5.53. The SMILES string of the molecule is COC(=O)C(=O)NCCc1coc2ccccc12. The van der Waals surface area contributed by atoms with Crippen molar-refractivity contribution in [3.05, 3.63) is 36.1 Å². The van der Waals surface area contributed by atoms with Gasteiger partial charge in [-0.15, -0.1) is 0 Å². The number of amides is 1. The van der Waals surface area contributed by atoms with Gasteiger partial charge in [-0.05, 0) is 18.1 Å². The molecular formula is C13H13NO4. The van der Waals surface area contributed by atoms with Crippen LogP contribution in [0, 0.1) is 0 Å². The Balaban J connectivity index is 1.95. The molecule has 2 aromatic rings. The summed E-state index contributed by atoms with van der Waals surface area (Å²) in [5, 5.41) is 3.50. The predicted octanol–water partition coefficient (Wildman–Crippen LogP) is 1.26. The van der Waals surface area contributed by atoms with Crippen LogP contribution in [-0.4, -0.2) is 25.5 Å². The number of nitrogens with one attached hydrogen (secondary N) is 1. The van der Waals surface area contributed by atoms with Gasteiger partial charge in [0.2, 0.25) is 0 Å². The molecule has 0 fully saturated rings. The van der Waals surface area contributed by atoms with Crippen molar-refractivity contribution in [2.45, 2.75) is 6.42 Å². The van der Waals surface area contributed by atoms with Gasteiger partial charge >= 0.3 is 11.9 Å². The highest BCUT2D eigenvalue weighted by molar-refractivity contribution is 6.32. The summed E-state index contributed by atoms with van der Waals surface area (Å²) in [4.78, 5) is 22.0. The van der Waals surface area contributed by atoms with Gasteiger partial charge in [-0.1, -0.05) is 18.2 Å². The Hall–Kier alpha value is -2.30. The lowest BCUT2D eigenvalue weighted by atomic mass is 10.1. The number of esters is 1. The molecule has 1 aromatic carbocycles. The molecule has 0 unspecified atom stereocenters. The molecule has 0 radical (unpaired) electrons. The van der Waals surface area contributed by atoms with Crippen LogP contribution in [-0.2, 0) is 20.7 Å². The van der Waals surface area contributed by atoms with E-state index in [-0.39, 0.29) is 0 Å². The number of benzene rings is 1. The van der Waals surface area contributed by atoms with Crippen molar-refractivity contribution in [1.29, 1.82) is 0 Å². The van der Waals surface area contributed by atoms with Gasteiger partial charge in [0.05, 0.1) is 13.4 Å². The third-order valence-corrected chi connectivity index (χ3v) is 2.61. The Morgan fingerprint density at radius 2 is 2.11 bits per heavy atom. The standard InChI is InChI=1S/C13H13NO4/c1-17-13(16)12(15)14-7-6-9-8-18-11-5-3-2-4-10(9)11/h2-5,8H,6-7H2,1H3,(H,14,15). The summed E-state index contributed by atoms with van der Waals surface area (Å²) in [5.41, 5.74) is 1.81. The zero-order chi connectivity index (χ0) is 13.0. The van der Waals surface area contributed by atoms with Gasteiger partial charge in [0.1, 0.15) is 5.58 Å². The van der Waals surface area contributed by atoms with E-state index < -0.39 is 11.9 Å². The second-order valence-corrected chi connectivity index (χ2v) is 3.75. The van der Waals surface area contributed by atoms with Crippen LogP contribution in [0.4, 0.5) is 0 Å². The lowest BCUT2D eigenvalue weighted by molar-refractivity contribution is -0.152. The van der Waals surface area contributed by atoms with E-state index in [1.165, 1.54) is 7.11 Å². The fraction of sp³-hybridized carbons (Fsp3) is 0.231. The van der Waals surface area contributed by atoms with Crippen molar-refractivity contribution >= 4 is 22.8 Å². The van der Waals surface area contributed by atoms with E-state index in [1.54, 1.807) is 6.26 Å². The van der Waals surface area contributed by atoms with E-state index in [2.05, 4.69) is 10.1 Å². The van der Waals surface area contributed by atoms with E-state index >= 15 is 0 Å². The van der Waals surface area contributed by atoms with Crippen LogP contribution in [0.5, 0.6) is 0 Å². The maximum Gasteiger partial charge on any atom is 0.396 e. The highest BCUT2D eigenvalue weighted by Crippen LogP contribution is 2.20. The normalized spacial score (nSPS) is 10.3. The van der Waals surface area contributed by atoms with Crippen LogP contribution in [0.15, 0.2) is 34.9 Å². The Kier molecular flexibility index (Phi) is 3.62. The fourth-order valence-corrected chi connectivity index (χ4v) is 1.70. The Morgan fingerprint density at radius 1 is 1.33 bits per heavy atom. The number of methoxy groups -OCH3 is 1. The average molecular weight is 247 g/mol. The smallest absolute Gasteiger partial charge is 0.396 e. The Bertz CT molecular complexity index is 573. The van der Waals surface area contributed by atoms with Gasteiger partial charge in [-0.25, -0.2) is 4.79 Å². The minimum Gasteiger partial charge on any atom is -0.464 e. The first kappa shape index (κ1) is 12.2. The molecule has 0 bridgehead atoms. The van der Waals surface area contributed by atoms with Crippen LogP contribution in [0.25, 0.3) is 11.0 Å². The summed E-state index contributed by atoms with van der Waals surface area (Å²) in [6, 6.07) is 7.66. The van der Waals surface area contributed by atoms with Gasteiger partial charge in [0, 0.05) is 11.9 Å². The summed E-state index contributed by atoms with van der Waals surface area (Å²) >= 11 is 0. The molecule has 0 aliphatic carbocycles. The number of carbonyl (C=O) groups excluding carboxylic acids is 2.